The summed E-state index contributed by atoms with van der Waals surface area (Å²) in [4.78, 5) is 10.8. The molecule has 3 heterocycles. The predicted octanol–water partition coefficient (Wildman–Crippen LogP) is 6.60. The Morgan fingerprint density at radius 2 is 2.05 bits per heavy atom. The van der Waals surface area contributed by atoms with E-state index in [1.54, 1.807) is 36.4 Å². The molecule has 10 heteroatoms. The summed E-state index contributed by atoms with van der Waals surface area (Å²) in [5.41, 5.74) is 2.35. The number of benzene rings is 2. The molecule has 0 amide bonds. The highest BCUT2D eigenvalue weighted by atomic mass is 35.5. The van der Waals surface area contributed by atoms with Gasteiger partial charge in [-0.3, -0.25) is 4.98 Å². The van der Waals surface area contributed by atoms with Crippen molar-refractivity contribution in [1.29, 1.82) is 5.26 Å². The Kier molecular flexibility index (Phi) is 7.79. The van der Waals surface area contributed by atoms with Crippen molar-refractivity contribution in [2.45, 2.75) is 13.0 Å². The third kappa shape index (κ3) is 5.91. The van der Waals surface area contributed by atoms with Crippen molar-refractivity contribution in [2.24, 2.45) is 5.92 Å². The summed E-state index contributed by atoms with van der Waals surface area (Å²) < 4.78 is 26.7. The summed E-state index contributed by atoms with van der Waals surface area (Å²) >= 11 is 12.5. The van der Waals surface area contributed by atoms with Gasteiger partial charge < -0.3 is 19.7 Å². The van der Waals surface area contributed by atoms with Crippen molar-refractivity contribution in [3.63, 3.8) is 0 Å². The van der Waals surface area contributed by atoms with E-state index in [9.17, 15) is 5.26 Å². The van der Waals surface area contributed by atoms with E-state index in [-0.39, 0.29) is 17.9 Å². The van der Waals surface area contributed by atoms with E-state index in [0.717, 1.165) is 19.5 Å². The fourth-order valence-corrected chi connectivity index (χ4v) is 4.80. The Hall–Kier alpha value is -3.64. The van der Waals surface area contributed by atoms with E-state index in [1.165, 1.54) is 12.3 Å². The number of rotatable bonds is 8. The fourth-order valence-electron chi connectivity index (χ4n) is 4.40. The van der Waals surface area contributed by atoms with Gasteiger partial charge in [-0.15, -0.1) is 0 Å². The van der Waals surface area contributed by atoms with Crippen LogP contribution in [0.25, 0.3) is 10.9 Å². The van der Waals surface area contributed by atoms with Crippen LogP contribution in [0.15, 0.2) is 54.7 Å². The number of nitrogens with one attached hydrogen (secondary N) is 1. The smallest absolute Gasteiger partial charge is 0.165 e. The zero-order valence-electron chi connectivity index (χ0n) is 20.5. The minimum Gasteiger partial charge on any atom is -0.490 e. The molecule has 1 aliphatic heterocycles. The fraction of sp³-hybridized carbons (Fsp3) is 0.250. The quantitative estimate of drug-likeness (QED) is 0.247. The molecule has 1 saturated heterocycles. The first-order chi connectivity index (χ1) is 18.4. The minimum absolute atomic E-state index is 0.143. The Labute approximate surface area is 229 Å². The number of fused-ring (bicyclic) bond motifs is 1. The molecule has 1 atom stereocenters. The highest BCUT2D eigenvalue weighted by Gasteiger charge is 2.21. The number of nitriles is 1. The molecule has 1 N–H and O–H groups in total. The number of halogens is 3. The average Bonchev–Trinajstić information content (AvgIpc) is 3.33. The van der Waals surface area contributed by atoms with Crippen molar-refractivity contribution < 1.29 is 13.9 Å². The maximum absolute atomic E-state index is 15.1. The Bertz CT molecular complexity index is 1530. The van der Waals surface area contributed by atoms with Gasteiger partial charge in [-0.25, -0.2) is 9.37 Å². The SMILES string of the molecule is CN1CCC(COc2cc3ncc(C#N)c(Nc4ccc(OCc5cccc(Cl)n5)cc4Cl)c3cc2F)C1. The van der Waals surface area contributed by atoms with Crippen LogP contribution in [-0.2, 0) is 6.61 Å². The first-order valence-electron chi connectivity index (χ1n) is 12.0. The molecule has 0 saturated carbocycles. The maximum Gasteiger partial charge on any atom is 0.165 e. The van der Waals surface area contributed by atoms with E-state index < -0.39 is 5.82 Å². The van der Waals surface area contributed by atoms with Crippen molar-refractivity contribution >= 4 is 45.5 Å². The van der Waals surface area contributed by atoms with Crippen LogP contribution in [0.2, 0.25) is 10.2 Å². The number of hydrogen-bond donors (Lipinski definition) is 1. The molecule has 194 valence electrons. The second-order valence-electron chi connectivity index (χ2n) is 9.19. The summed E-state index contributed by atoms with van der Waals surface area (Å²) in [6.45, 7) is 2.59. The molecule has 1 aliphatic rings. The summed E-state index contributed by atoms with van der Waals surface area (Å²) in [5, 5.41) is 14.1. The average molecular weight is 552 g/mol. The standard InChI is InChI=1S/C28H24Cl2FN5O2/c1-36-8-7-17(14-36)15-38-26-11-25-21(10-23(26)31)28(18(12-32)13-33-25)35-24-6-5-20(9-22(24)29)37-16-19-3-2-4-27(30)34-19/h2-6,9-11,13,17H,7-8,14-16H2,1H3,(H,33,35). The molecule has 5 rings (SSSR count). The van der Waals surface area contributed by atoms with Gasteiger partial charge in [0.1, 0.15) is 23.6 Å². The number of anilines is 2. The predicted molar refractivity (Wildman–Crippen MR) is 146 cm³/mol. The van der Waals surface area contributed by atoms with Gasteiger partial charge >= 0.3 is 0 Å². The van der Waals surface area contributed by atoms with Gasteiger partial charge in [0.2, 0.25) is 0 Å². The third-order valence-electron chi connectivity index (χ3n) is 6.37. The lowest BCUT2D eigenvalue weighted by Gasteiger charge is -2.16. The van der Waals surface area contributed by atoms with Gasteiger partial charge in [0.25, 0.3) is 0 Å². The van der Waals surface area contributed by atoms with E-state index in [4.69, 9.17) is 32.7 Å². The van der Waals surface area contributed by atoms with Gasteiger partial charge in [0.05, 0.1) is 39.8 Å². The summed E-state index contributed by atoms with van der Waals surface area (Å²) in [6, 6.07) is 15.4. The maximum atomic E-state index is 15.1. The van der Waals surface area contributed by atoms with Crippen LogP contribution in [0.5, 0.6) is 11.5 Å². The molecule has 4 aromatic rings. The number of ether oxygens (including phenoxy) is 2. The van der Waals surface area contributed by atoms with Crippen molar-refractivity contribution in [3.8, 4) is 17.6 Å². The molecule has 0 spiro atoms. The van der Waals surface area contributed by atoms with Gasteiger partial charge in [-0.1, -0.05) is 29.3 Å². The Balaban J connectivity index is 1.36. The van der Waals surface area contributed by atoms with Crippen molar-refractivity contribution in [2.75, 3.05) is 32.1 Å². The largest absolute Gasteiger partial charge is 0.490 e. The van der Waals surface area contributed by atoms with E-state index >= 15 is 4.39 Å². The highest BCUT2D eigenvalue weighted by molar-refractivity contribution is 6.33. The lowest BCUT2D eigenvalue weighted by molar-refractivity contribution is 0.240. The number of aromatic nitrogens is 2. The van der Waals surface area contributed by atoms with Crippen LogP contribution in [0.1, 0.15) is 17.7 Å². The lowest BCUT2D eigenvalue weighted by Crippen LogP contribution is -2.18. The molecule has 0 radical (unpaired) electrons. The highest BCUT2D eigenvalue weighted by Crippen LogP contribution is 2.36. The van der Waals surface area contributed by atoms with E-state index in [0.29, 0.717) is 56.4 Å². The van der Waals surface area contributed by atoms with Crippen LogP contribution in [0.3, 0.4) is 0 Å². The van der Waals surface area contributed by atoms with E-state index in [2.05, 4.69) is 33.3 Å². The first kappa shape index (κ1) is 26.0. The van der Waals surface area contributed by atoms with Crippen molar-refractivity contribution in [1.82, 2.24) is 14.9 Å². The Morgan fingerprint density at radius 3 is 2.79 bits per heavy atom. The summed E-state index contributed by atoms with van der Waals surface area (Å²) in [6.07, 6.45) is 2.47. The lowest BCUT2D eigenvalue weighted by atomic mass is 10.1. The van der Waals surface area contributed by atoms with Crippen molar-refractivity contribution in [3.05, 3.63) is 82.0 Å². The van der Waals surface area contributed by atoms with Gasteiger partial charge in [-0.2, -0.15) is 5.26 Å². The molecule has 1 unspecified atom stereocenters. The molecule has 2 aromatic carbocycles. The number of hydrogen-bond acceptors (Lipinski definition) is 7. The molecule has 38 heavy (non-hydrogen) atoms. The molecule has 0 bridgehead atoms. The van der Waals surface area contributed by atoms with E-state index in [1.807, 2.05) is 6.07 Å². The summed E-state index contributed by atoms with van der Waals surface area (Å²) in [5.74, 6) is 0.512. The zero-order valence-corrected chi connectivity index (χ0v) is 22.1. The number of pyridine rings is 2. The van der Waals surface area contributed by atoms with Crippen LogP contribution in [-0.4, -0.2) is 41.6 Å². The minimum atomic E-state index is -0.520. The van der Waals surface area contributed by atoms with Gasteiger partial charge in [0.15, 0.2) is 11.6 Å². The molecule has 1 fully saturated rings. The van der Waals surface area contributed by atoms with Crippen LogP contribution < -0.4 is 14.8 Å². The molecule has 0 aliphatic carbocycles. The van der Waals surface area contributed by atoms with Crippen LogP contribution in [0, 0.1) is 23.1 Å². The number of nitrogens with zero attached hydrogens (tertiary/aromatic N) is 4. The topological polar surface area (TPSA) is 83.3 Å². The van der Waals surface area contributed by atoms with Gasteiger partial charge in [-0.05, 0) is 50.3 Å². The van der Waals surface area contributed by atoms with Gasteiger partial charge in [0, 0.05) is 36.2 Å². The summed E-state index contributed by atoms with van der Waals surface area (Å²) in [7, 11) is 2.06. The molecule has 2 aromatic heterocycles. The normalized spacial score (nSPS) is 15.4. The third-order valence-corrected chi connectivity index (χ3v) is 6.89. The van der Waals surface area contributed by atoms with Crippen LogP contribution in [0.4, 0.5) is 15.8 Å². The second kappa shape index (κ2) is 11.4. The second-order valence-corrected chi connectivity index (χ2v) is 9.99. The first-order valence-corrected chi connectivity index (χ1v) is 12.8. The molecular weight excluding hydrogens is 528 g/mol. The molecular formula is C28H24Cl2FN5O2. The Morgan fingerprint density at radius 1 is 1.18 bits per heavy atom. The zero-order chi connectivity index (χ0) is 26.6. The van der Waals surface area contributed by atoms with Crippen LogP contribution >= 0.6 is 23.2 Å². The number of likely N-dealkylation sites (tertiary alicyclic amines) is 1. The molecule has 7 nitrogen and oxygen atoms in total. The monoisotopic (exact) mass is 551 g/mol.